The first-order chi connectivity index (χ1) is 7.49. The molecule has 0 saturated heterocycles. The van der Waals surface area contributed by atoms with Gasteiger partial charge in [-0.2, -0.15) is 0 Å². The number of nitrogens with one attached hydrogen (secondary N) is 2. The number of pyridine rings is 1. The number of amides is 1. The van der Waals surface area contributed by atoms with Gasteiger partial charge in [0.05, 0.1) is 0 Å². The van der Waals surface area contributed by atoms with Crippen LogP contribution in [0, 0.1) is 0 Å². The second-order valence-electron chi connectivity index (χ2n) is 3.82. The van der Waals surface area contributed by atoms with E-state index in [0.29, 0.717) is 10.5 Å². The van der Waals surface area contributed by atoms with Gasteiger partial charge in [0, 0.05) is 16.9 Å². The maximum atomic E-state index is 11.7. The molecule has 1 rings (SSSR count). The van der Waals surface area contributed by atoms with Gasteiger partial charge in [0.1, 0.15) is 5.69 Å². The van der Waals surface area contributed by atoms with Crippen molar-refractivity contribution in [1.29, 1.82) is 0 Å². The molecule has 5 heteroatoms. The van der Waals surface area contributed by atoms with Crippen LogP contribution in [-0.2, 0) is 0 Å². The molecule has 0 aliphatic rings. The van der Waals surface area contributed by atoms with Crippen LogP contribution in [0.2, 0.25) is 0 Å². The summed E-state index contributed by atoms with van der Waals surface area (Å²) in [5.41, 5.74) is 0.0238. The topological polar surface area (TPSA) is 62.0 Å². The highest BCUT2D eigenvalue weighted by atomic mass is 79.9. The number of rotatable bonds is 4. The number of aromatic amines is 1. The second-order valence-corrected chi connectivity index (χ2v) is 5.38. The van der Waals surface area contributed by atoms with Crippen LogP contribution in [0.5, 0.6) is 0 Å². The Labute approximate surface area is 103 Å². The molecule has 1 aromatic heterocycles. The van der Waals surface area contributed by atoms with Gasteiger partial charge in [0.15, 0.2) is 0 Å². The van der Waals surface area contributed by atoms with E-state index < -0.39 is 0 Å². The van der Waals surface area contributed by atoms with E-state index in [4.69, 9.17) is 0 Å². The van der Waals surface area contributed by atoms with Crippen LogP contribution >= 0.6 is 15.9 Å². The van der Waals surface area contributed by atoms with Gasteiger partial charge in [-0.05, 0) is 19.4 Å². The fourth-order valence-corrected chi connectivity index (χ4v) is 1.99. The Hall–Kier alpha value is -1.10. The molecule has 0 aromatic carbocycles. The Morgan fingerprint density at radius 3 is 2.75 bits per heavy atom. The highest BCUT2D eigenvalue weighted by Gasteiger charge is 2.11. The van der Waals surface area contributed by atoms with Crippen molar-refractivity contribution in [2.75, 3.05) is 0 Å². The molecule has 0 spiro atoms. The molecule has 0 bridgehead atoms. The zero-order chi connectivity index (χ0) is 12.1. The van der Waals surface area contributed by atoms with E-state index in [9.17, 15) is 9.59 Å². The summed E-state index contributed by atoms with van der Waals surface area (Å²) in [5, 5.41) is 2.82. The summed E-state index contributed by atoms with van der Waals surface area (Å²) >= 11 is 3.42. The molecule has 0 saturated carbocycles. The maximum Gasteiger partial charge on any atom is 0.268 e. The minimum Gasteiger partial charge on any atom is -0.348 e. The van der Waals surface area contributed by atoms with Crippen molar-refractivity contribution in [2.45, 2.75) is 31.1 Å². The summed E-state index contributed by atoms with van der Waals surface area (Å²) in [4.78, 5) is 25.5. The molecule has 0 aliphatic carbocycles. The largest absolute Gasteiger partial charge is 0.348 e. The Kier molecular flexibility index (Phi) is 4.73. The van der Waals surface area contributed by atoms with Crippen molar-refractivity contribution in [2.24, 2.45) is 0 Å². The minimum atomic E-state index is -0.269. The quantitative estimate of drug-likeness (QED) is 0.827. The Bertz CT molecular complexity index is 414. The lowest BCUT2D eigenvalue weighted by Gasteiger charge is -2.14. The molecule has 2 N–H and O–H groups in total. The van der Waals surface area contributed by atoms with Crippen molar-refractivity contribution in [1.82, 2.24) is 10.3 Å². The van der Waals surface area contributed by atoms with E-state index in [1.54, 1.807) is 12.1 Å². The van der Waals surface area contributed by atoms with Gasteiger partial charge in [0.25, 0.3) is 5.91 Å². The lowest BCUT2D eigenvalue weighted by Crippen LogP contribution is -2.35. The van der Waals surface area contributed by atoms with E-state index in [-0.39, 0.29) is 17.5 Å². The molecule has 2 unspecified atom stereocenters. The number of halogens is 1. The van der Waals surface area contributed by atoms with Crippen LogP contribution in [0.3, 0.4) is 0 Å². The van der Waals surface area contributed by atoms with Crippen molar-refractivity contribution in [3.63, 3.8) is 0 Å². The summed E-state index contributed by atoms with van der Waals surface area (Å²) in [5.74, 6) is -0.252. The number of hydrogen-bond acceptors (Lipinski definition) is 2. The summed E-state index contributed by atoms with van der Waals surface area (Å²) in [6, 6.07) is 4.58. The first-order valence-corrected chi connectivity index (χ1v) is 6.05. The molecule has 0 fully saturated rings. The van der Waals surface area contributed by atoms with Gasteiger partial charge in [0.2, 0.25) is 5.56 Å². The van der Waals surface area contributed by atoms with Crippen molar-refractivity contribution < 1.29 is 4.79 Å². The van der Waals surface area contributed by atoms with E-state index in [2.05, 4.69) is 26.2 Å². The third-order valence-corrected chi connectivity index (χ3v) is 2.44. The van der Waals surface area contributed by atoms with E-state index in [1.807, 2.05) is 13.8 Å². The van der Waals surface area contributed by atoms with Crippen LogP contribution in [0.25, 0.3) is 0 Å². The Balaban J connectivity index is 2.62. The van der Waals surface area contributed by atoms with E-state index >= 15 is 0 Å². The van der Waals surface area contributed by atoms with Gasteiger partial charge < -0.3 is 10.3 Å². The average molecular weight is 287 g/mol. The molecule has 1 heterocycles. The van der Waals surface area contributed by atoms with Gasteiger partial charge in [-0.25, -0.2) is 0 Å². The third-order valence-electron chi connectivity index (χ3n) is 2.07. The molecule has 0 radical (unpaired) electrons. The lowest BCUT2D eigenvalue weighted by atomic mass is 10.2. The number of H-pyrrole nitrogens is 1. The normalized spacial score (nSPS) is 14.2. The standard InChI is InChI=1S/C11H15BrN2O2/c1-7(12)6-8(2)13-11(16)9-4-3-5-10(15)14-9/h3-5,7-8H,6H2,1-2H3,(H,13,16)(H,14,15). The fourth-order valence-electron chi connectivity index (χ4n) is 1.43. The minimum absolute atomic E-state index is 0.0607. The van der Waals surface area contributed by atoms with Crippen molar-refractivity contribution >= 4 is 21.8 Å². The number of aromatic nitrogens is 1. The van der Waals surface area contributed by atoms with Gasteiger partial charge in [-0.3, -0.25) is 9.59 Å². The first kappa shape index (κ1) is 13.0. The summed E-state index contributed by atoms with van der Waals surface area (Å²) in [6.07, 6.45) is 0.836. The molecular formula is C11H15BrN2O2. The summed E-state index contributed by atoms with van der Waals surface area (Å²) in [7, 11) is 0. The average Bonchev–Trinajstić information content (AvgIpc) is 2.16. The summed E-state index contributed by atoms with van der Waals surface area (Å²) < 4.78 is 0. The number of alkyl halides is 1. The third kappa shape index (κ3) is 4.18. The zero-order valence-electron chi connectivity index (χ0n) is 9.29. The van der Waals surface area contributed by atoms with E-state index in [1.165, 1.54) is 6.07 Å². The number of hydrogen-bond donors (Lipinski definition) is 2. The number of carbonyl (C=O) groups is 1. The second kappa shape index (κ2) is 5.84. The number of carbonyl (C=O) groups excluding carboxylic acids is 1. The molecule has 2 atom stereocenters. The van der Waals surface area contributed by atoms with Crippen LogP contribution in [0.15, 0.2) is 23.0 Å². The molecule has 16 heavy (non-hydrogen) atoms. The highest BCUT2D eigenvalue weighted by molar-refractivity contribution is 9.09. The molecule has 88 valence electrons. The molecule has 1 amide bonds. The smallest absolute Gasteiger partial charge is 0.268 e. The van der Waals surface area contributed by atoms with Crippen LogP contribution < -0.4 is 10.9 Å². The van der Waals surface area contributed by atoms with E-state index in [0.717, 1.165) is 6.42 Å². The molecule has 4 nitrogen and oxygen atoms in total. The van der Waals surface area contributed by atoms with Gasteiger partial charge in [-0.15, -0.1) is 0 Å². The molecule has 1 aromatic rings. The summed E-state index contributed by atoms with van der Waals surface area (Å²) in [6.45, 7) is 3.95. The van der Waals surface area contributed by atoms with Gasteiger partial charge in [-0.1, -0.05) is 28.9 Å². The molecule has 0 aliphatic heterocycles. The molecular weight excluding hydrogens is 272 g/mol. The predicted molar refractivity (Wildman–Crippen MR) is 67.0 cm³/mol. The SMILES string of the molecule is CC(Br)CC(C)NC(=O)c1cccc(=O)[nH]1. The highest BCUT2D eigenvalue weighted by Crippen LogP contribution is 2.06. The zero-order valence-corrected chi connectivity index (χ0v) is 10.9. The van der Waals surface area contributed by atoms with Crippen LogP contribution in [-0.4, -0.2) is 21.8 Å². The van der Waals surface area contributed by atoms with Crippen molar-refractivity contribution in [3.05, 3.63) is 34.2 Å². The van der Waals surface area contributed by atoms with Crippen molar-refractivity contribution in [3.8, 4) is 0 Å². The lowest BCUT2D eigenvalue weighted by molar-refractivity contribution is 0.0933. The van der Waals surface area contributed by atoms with Crippen LogP contribution in [0.4, 0.5) is 0 Å². The fraction of sp³-hybridized carbons (Fsp3) is 0.455. The maximum absolute atomic E-state index is 11.7. The monoisotopic (exact) mass is 286 g/mol. The Morgan fingerprint density at radius 2 is 2.19 bits per heavy atom. The first-order valence-electron chi connectivity index (χ1n) is 5.13. The Morgan fingerprint density at radius 1 is 1.50 bits per heavy atom. The van der Waals surface area contributed by atoms with Gasteiger partial charge >= 0.3 is 0 Å². The van der Waals surface area contributed by atoms with Crippen LogP contribution in [0.1, 0.15) is 30.8 Å². The predicted octanol–water partition coefficient (Wildman–Crippen LogP) is 1.67.